The highest BCUT2D eigenvalue weighted by Crippen LogP contribution is 2.25. The molecule has 0 saturated carbocycles. The molecule has 0 atom stereocenters. The molecule has 3 nitrogen and oxygen atoms in total. The molecule has 1 aromatic carbocycles. The van der Waals surface area contributed by atoms with E-state index in [9.17, 15) is 9.18 Å². The van der Waals surface area contributed by atoms with Gasteiger partial charge in [-0.1, -0.05) is 0 Å². The van der Waals surface area contributed by atoms with E-state index in [0.717, 1.165) is 0 Å². The summed E-state index contributed by atoms with van der Waals surface area (Å²) >= 11 is 3.82. The first-order chi connectivity index (χ1) is 6.07. The van der Waals surface area contributed by atoms with Crippen LogP contribution in [0.1, 0.15) is 10.4 Å². The summed E-state index contributed by atoms with van der Waals surface area (Å²) in [5.74, 6) is -2.36. The zero-order chi connectivity index (χ0) is 10.0. The fraction of sp³-hybridized carbons (Fsp3) is 0.125. The number of methoxy groups -OCH3 is 1. The molecule has 0 unspecified atom stereocenters. The summed E-state index contributed by atoms with van der Waals surface area (Å²) in [5.41, 5.74) is -0.470. The van der Waals surface area contributed by atoms with Crippen molar-refractivity contribution in [2.45, 2.75) is 4.90 Å². The van der Waals surface area contributed by atoms with Gasteiger partial charge < -0.3 is 9.84 Å². The summed E-state index contributed by atoms with van der Waals surface area (Å²) in [4.78, 5) is 10.6. The zero-order valence-electron chi connectivity index (χ0n) is 6.74. The van der Waals surface area contributed by atoms with Crippen LogP contribution in [0.2, 0.25) is 0 Å². The summed E-state index contributed by atoms with van der Waals surface area (Å²) in [6.07, 6.45) is 0. The molecule has 1 N–H and O–H groups in total. The third-order valence-electron chi connectivity index (χ3n) is 1.52. The van der Waals surface area contributed by atoms with Gasteiger partial charge in [0.15, 0.2) is 11.6 Å². The van der Waals surface area contributed by atoms with E-state index < -0.39 is 17.3 Å². The van der Waals surface area contributed by atoms with Crippen LogP contribution in [0.3, 0.4) is 0 Å². The summed E-state index contributed by atoms with van der Waals surface area (Å²) in [5, 5.41) is 8.62. The first-order valence-electron chi connectivity index (χ1n) is 3.36. The lowest BCUT2D eigenvalue weighted by molar-refractivity contribution is 0.0687. The van der Waals surface area contributed by atoms with Gasteiger partial charge in [0.25, 0.3) is 0 Å². The van der Waals surface area contributed by atoms with Crippen molar-refractivity contribution in [2.75, 3.05) is 7.11 Å². The van der Waals surface area contributed by atoms with Crippen LogP contribution < -0.4 is 4.74 Å². The van der Waals surface area contributed by atoms with Gasteiger partial charge in [0.1, 0.15) is 5.56 Å². The number of hydrogen-bond donors (Lipinski definition) is 2. The van der Waals surface area contributed by atoms with E-state index in [1.165, 1.54) is 19.2 Å². The van der Waals surface area contributed by atoms with Gasteiger partial charge in [0.05, 0.1) is 7.11 Å². The molecule has 5 heteroatoms. The van der Waals surface area contributed by atoms with Crippen LogP contribution in [0, 0.1) is 5.82 Å². The van der Waals surface area contributed by atoms with Gasteiger partial charge in [0.2, 0.25) is 0 Å². The van der Waals surface area contributed by atoms with Crippen LogP contribution in [0.4, 0.5) is 4.39 Å². The minimum Gasteiger partial charge on any atom is -0.494 e. The SMILES string of the molecule is COc1ccc(S)c(C(=O)O)c1F. The highest BCUT2D eigenvalue weighted by atomic mass is 32.1. The van der Waals surface area contributed by atoms with E-state index in [1.807, 2.05) is 0 Å². The van der Waals surface area contributed by atoms with Crippen molar-refractivity contribution < 1.29 is 19.0 Å². The van der Waals surface area contributed by atoms with Gasteiger partial charge >= 0.3 is 5.97 Å². The van der Waals surface area contributed by atoms with Crippen molar-refractivity contribution in [1.82, 2.24) is 0 Å². The van der Waals surface area contributed by atoms with Crippen LogP contribution >= 0.6 is 12.6 Å². The van der Waals surface area contributed by atoms with Crippen molar-refractivity contribution in [3.05, 3.63) is 23.5 Å². The molecule has 13 heavy (non-hydrogen) atoms. The van der Waals surface area contributed by atoms with Crippen molar-refractivity contribution in [1.29, 1.82) is 0 Å². The molecule has 0 aliphatic heterocycles. The number of benzene rings is 1. The number of aromatic carboxylic acids is 1. The maximum Gasteiger partial charge on any atom is 0.339 e. The minimum absolute atomic E-state index is 0.0748. The average molecular weight is 202 g/mol. The fourth-order valence-corrected chi connectivity index (χ4v) is 1.18. The number of hydrogen-bond acceptors (Lipinski definition) is 3. The number of rotatable bonds is 2. The van der Waals surface area contributed by atoms with Crippen molar-refractivity contribution in [2.24, 2.45) is 0 Å². The Labute approximate surface area is 79.6 Å². The molecule has 0 bridgehead atoms. The Morgan fingerprint density at radius 1 is 1.62 bits per heavy atom. The van der Waals surface area contributed by atoms with Crippen molar-refractivity contribution >= 4 is 18.6 Å². The highest BCUT2D eigenvalue weighted by Gasteiger charge is 2.17. The average Bonchev–Trinajstić information content (AvgIpc) is 2.04. The number of thiol groups is 1. The number of ether oxygens (including phenoxy) is 1. The largest absolute Gasteiger partial charge is 0.494 e. The van der Waals surface area contributed by atoms with Gasteiger partial charge in [-0.25, -0.2) is 9.18 Å². The third kappa shape index (κ3) is 1.75. The molecule has 0 aromatic heterocycles. The highest BCUT2D eigenvalue weighted by molar-refractivity contribution is 7.80. The molecule has 1 rings (SSSR count). The van der Waals surface area contributed by atoms with E-state index in [1.54, 1.807) is 0 Å². The number of carboxylic acid groups (broad SMARTS) is 1. The molecule has 70 valence electrons. The lowest BCUT2D eigenvalue weighted by Gasteiger charge is -2.05. The summed E-state index contributed by atoms with van der Waals surface area (Å²) in [6, 6.07) is 2.69. The molecule has 0 fully saturated rings. The molecule has 0 aliphatic carbocycles. The van der Waals surface area contributed by atoms with Crippen LogP contribution in [-0.4, -0.2) is 18.2 Å². The van der Waals surface area contributed by atoms with E-state index >= 15 is 0 Å². The fourth-order valence-electron chi connectivity index (χ4n) is 0.908. The lowest BCUT2D eigenvalue weighted by Crippen LogP contribution is -2.03. The van der Waals surface area contributed by atoms with Crippen LogP contribution in [0.5, 0.6) is 5.75 Å². The predicted octanol–water partition coefficient (Wildman–Crippen LogP) is 1.82. The Hall–Kier alpha value is -1.23. The van der Waals surface area contributed by atoms with E-state index in [4.69, 9.17) is 5.11 Å². The molecule has 0 radical (unpaired) electrons. The van der Waals surface area contributed by atoms with Gasteiger partial charge in [-0.3, -0.25) is 0 Å². The maximum atomic E-state index is 13.2. The molecule has 0 aliphatic rings. The first-order valence-corrected chi connectivity index (χ1v) is 3.81. The second-order valence-corrected chi connectivity index (χ2v) is 2.76. The summed E-state index contributed by atoms with van der Waals surface area (Å²) < 4.78 is 17.8. The molecule has 1 aromatic rings. The van der Waals surface area contributed by atoms with Gasteiger partial charge in [-0.2, -0.15) is 0 Å². The first kappa shape index (κ1) is 9.85. The van der Waals surface area contributed by atoms with Crippen molar-refractivity contribution in [3.63, 3.8) is 0 Å². The van der Waals surface area contributed by atoms with Crippen molar-refractivity contribution in [3.8, 4) is 5.75 Å². The Bertz CT molecular complexity index is 351. The quantitative estimate of drug-likeness (QED) is 0.719. The normalized spacial score (nSPS) is 9.77. The molecule has 0 amide bonds. The van der Waals surface area contributed by atoms with Gasteiger partial charge in [-0.05, 0) is 12.1 Å². The van der Waals surface area contributed by atoms with Crippen LogP contribution in [0.25, 0.3) is 0 Å². The lowest BCUT2D eigenvalue weighted by atomic mass is 10.2. The smallest absolute Gasteiger partial charge is 0.339 e. The van der Waals surface area contributed by atoms with Gasteiger partial charge in [-0.15, -0.1) is 12.6 Å². The predicted molar refractivity (Wildman–Crippen MR) is 47.2 cm³/mol. The van der Waals surface area contributed by atoms with Gasteiger partial charge in [0, 0.05) is 4.90 Å². The Morgan fingerprint density at radius 3 is 2.69 bits per heavy atom. The Balaban J connectivity index is 3.38. The number of carbonyl (C=O) groups is 1. The van der Waals surface area contributed by atoms with E-state index in [2.05, 4.69) is 17.4 Å². The second kappa shape index (κ2) is 3.66. The van der Waals surface area contributed by atoms with E-state index in [-0.39, 0.29) is 10.6 Å². The minimum atomic E-state index is -1.36. The molecular weight excluding hydrogens is 195 g/mol. The third-order valence-corrected chi connectivity index (χ3v) is 1.89. The summed E-state index contributed by atoms with van der Waals surface area (Å²) in [6.45, 7) is 0. The number of carboxylic acids is 1. The summed E-state index contributed by atoms with van der Waals surface area (Å²) in [7, 11) is 1.27. The molecule has 0 saturated heterocycles. The Morgan fingerprint density at radius 2 is 2.23 bits per heavy atom. The molecular formula is C8H7FO3S. The molecule has 0 heterocycles. The maximum absolute atomic E-state index is 13.2. The number of halogens is 1. The monoisotopic (exact) mass is 202 g/mol. The Kier molecular flexibility index (Phi) is 2.77. The van der Waals surface area contributed by atoms with Crippen LogP contribution in [-0.2, 0) is 0 Å². The van der Waals surface area contributed by atoms with E-state index in [0.29, 0.717) is 0 Å². The molecule has 0 spiro atoms. The topological polar surface area (TPSA) is 46.5 Å². The standard InChI is InChI=1S/C8H7FO3S/c1-12-4-2-3-5(13)6(7(4)9)8(10)11/h2-3,13H,1H3,(H,10,11). The van der Waals surface area contributed by atoms with Crippen LogP contribution in [0.15, 0.2) is 17.0 Å². The zero-order valence-corrected chi connectivity index (χ0v) is 7.64. The second-order valence-electron chi connectivity index (χ2n) is 2.28.